The van der Waals surface area contributed by atoms with Gasteiger partial charge in [-0.3, -0.25) is 9.59 Å². The van der Waals surface area contributed by atoms with Gasteiger partial charge in [0.15, 0.2) is 0 Å². The Kier molecular flexibility index (Phi) is 2.91. The van der Waals surface area contributed by atoms with Gasteiger partial charge in [0.2, 0.25) is 0 Å². The molecule has 90 valence electrons. The molecule has 2 heterocycles. The third kappa shape index (κ3) is 2.33. The minimum absolute atomic E-state index is 0. The van der Waals surface area contributed by atoms with E-state index in [2.05, 4.69) is 10.3 Å². The molecule has 2 rings (SSSR count). The Morgan fingerprint density at radius 1 is 1.24 bits per heavy atom. The van der Waals surface area contributed by atoms with Crippen molar-refractivity contribution in [3.63, 3.8) is 0 Å². The largest absolute Gasteiger partial charge is 0.368 e. The molecule has 0 saturated heterocycles. The van der Waals surface area contributed by atoms with Crippen LogP contribution in [0.25, 0.3) is 0 Å². The second kappa shape index (κ2) is 4.37. The number of nitrogens with zero attached hydrogens (tertiary/aromatic N) is 2. The Morgan fingerprint density at radius 2 is 1.88 bits per heavy atom. The first-order valence-electron chi connectivity index (χ1n) is 5.36. The molecular formula is C12H15N3O2. The van der Waals surface area contributed by atoms with Crippen LogP contribution in [0.5, 0.6) is 0 Å². The van der Waals surface area contributed by atoms with Crippen LogP contribution in [-0.2, 0) is 9.59 Å². The Bertz CT molecular complexity index is 465. The third-order valence-electron chi connectivity index (χ3n) is 2.25. The van der Waals surface area contributed by atoms with E-state index in [-0.39, 0.29) is 19.3 Å². The lowest BCUT2D eigenvalue weighted by atomic mass is 10.3. The molecule has 0 aliphatic carbocycles. The van der Waals surface area contributed by atoms with Crippen LogP contribution in [0.3, 0.4) is 0 Å². The van der Waals surface area contributed by atoms with Crippen molar-refractivity contribution >= 4 is 23.3 Å². The number of aromatic nitrogens is 1. The normalized spacial score (nSPS) is 14.9. The number of rotatable bonds is 3. The Labute approximate surface area is 101 Å². The molecule has 0 radical (unpaired) electrons. The van der Waals surface area contributed by atoms with Gasteiger partial charge in [0.25, 0.3) is 11.8 Å². The summed E-state index contributed by atoms with van der Waals surface area (Å²) in [5.41, 5.74) is 0.485. The Morgan fingerprint density at radius 3 is 2.35 bits per heavy atom. The van der Waals surface area contributed by atoms with Crippen LogP contribution >= 0.6 is 0 Å². The SMILES string of the molecule is CC(C)Nc1ccc(N2C(=O)C=CC2=O)cn1.[HH]. The molecule has 0 aromatic carbocycles. The summed E-state index contributed by atoms with van der Waals surface area (Å²) in [5, 5.41) is 3.13. The first-order chi connectivity index (χ1) is 8.08. The molecule has 2 amide bonds. The number of anilines is 2. The maximum absolute atomic E-state index is 11.4. The predicted octanol–water partition coefficient (Wildman–Crippen LogP) is 1.58. The van der Waals surface area contributed by atoms with Gasteiger partial charge in [-0.2, -0.15) is 0 Å². The number of carbonyl (C=O) groups is 2. The van der Waals surface area contributed by atoms with E-state index >= 15 is 0 Å². The number of hydrogen-bond acceptors (Lipinski definition) is 4. The highest BCUT2D eigenvalue weighted by molar-refractivity contribution is 6.28. The van der Waals surface area contributed by atoms with Gasteiger partial charge < -0.3 is 5.32 Å². The maximum atomic E-state index is 11.4. The van der Waals surface area contributed by atoms with E-state index in [4.69, 9.17) is 0 Å². The van der Waals surface area contributed by atoms with E-state index in [0.717, 1.165) is 10.7 Å². The average molecular weight is 233 g/mol. The fraction of sp³-hybridized carbons (Fsp3) is 0.250. The summed E-state index contributed by atoms with van der Waals surface area (Å²) in [6.07, 6.45) is 4.01. The number of amides is 2. The maximum Gasteiger partial charge on any atom is 0.258 e. The van der Waals surface area contributed by atoms with Gasteiger partial charge in [-0.15, -0.1) is 0 Å². The van der Waals surface area contributed by atoms with Gasteiger partial charge in [0.05, 0.1) is 11.9 Å². The van der Waals surface area contributed by atoms with Crippen LogP contribution in [0.2, 0.25) is 0 Å². The molecule has 0 unspecified atom stereocenters. The van der Waals surface area contributed by atoms with Crippen molar-refractivity contribution < 1.29 is 11.0 Å². The molecule has 0 atom stereocenters. The zero-order valence-corrected chi connectivity index (χ0v) is 9.68. The van der Waals surface area contributed by atoms with Crippen molar-refractivity contribution in [3.05, 3.63) is 30.5 Å². The minimum atomic E-state index is -0.332. The topological polar surface area (TPSA) is 62.3 Å². The molecule has 1 aliphatic heterocycles. The predicted molar refractivity (Wildman–Crippen MR) is 66.7 cm³/mol. The highest BCUT2D eigenvalue weighted by Crippen LogP contribution is 2.19. The molecule has 5 heteroatoms. The van der Waals surface area contributed by atoms with E-state index in [0.29, 0.717) is 5.69 Å². The van der Waals surface area contributed by atoms with Gasteiger partial charge >= 0.3 is 0 Å². The highest BCUT2D eigenvalue weighted by Gasteiger charge is 2.25. The molecule has 0 saturated carbocycles. The summed E-state index contributed by atoms with van der Waals surface area (Å²) < 4.78 is 0. The van der Waals surface area contributed by atoms with Crippen LogP contribution < -0.4 is 10.2 Å². The van der Waals surface area contributed by atoms with Gasteiger partial charge in [-0.05, 0) is 26.0 Å². The van der Waals surface area contributed by atoms with Gasteiger partial charge in [0, 0.05) is 19.6 Å². The molecule has 1 aromatic rings. The van der Waals surface area contributed by atoms with Gasteiger partial charge in [-0.1, -0.05) is 0 Å². The fourth-order valence-electron chi connectivity index (χ4n) is 1.55. The molecule has 0 spiro atoms. The second-order valence-electron chi connectivity index (χ2n) is 4.05. The number of carbonyl (C=O) groups excluding carboxylic acids is 2. The molecule has 1 aromatic heterocycles. The van der Waals surface area contributed by atoms with E-state index < -0.39 is 0 Å². The number of nitrogens with one attached hydrogen (secondary N) is 1. The molecule has 0 fully saturated rings. The summed E-state index contributed by atoms with van der Waals surface area (Å²) >= 11 is 0. The van der Waals surface area contributed by atoms with Gasteiger partial charge in [-0.25, -0.2) is 9.88 Å². The van der Waals surface area contributed by atoms with Crippen LogP contribution in [0.15, 0.2) is 30.5 Å². The lowest BCUT2D eigenvalue weighted by molar-refractivity contribution is -0.119. The van der Waals surface area contributed by atoms with Crippen LogP contribution in [-0.4, -0.2) is 22.8 Å². The molecular weight excluding hydrogens is 218 g/mol. The van der Waals surface area contributed by atoms with Crippen molar-refractivity contribution in [3.8, 4) is 0 Å². The number of pyridine rings is 1. The van der Waals surface area contributed by atoms with Crippen molar-refractivity contribution in [2.75, 3.05) is 10.2 Å². The molecule has 0 bridgehead atoms. The number of imide groups is 1. The van der Waals surface area contributed by atoms with Crippen molar-refractivity contribution in [2.24, 2.45) is 0 Å². The second-order valence-corrected chi connectivity index (χ2v) is 4.05. The van der Waals surface area contributed by atoms with Crippen LogP contribution in [0.1, 0.15) is 15.3 Å². The van der Waals surface area contributed by atoms with Gasteiger partial charge in [0.1, 0.15) is 5.82 Å². The zero-order valence-electron chi connectivity index (χ0n) is 9.68. The summed E-state index contributed by atoms with van der Waals surface area (Å²) in [4.78, 5) is 28.1. The molecule has 5 nitrogen and oxygen atoms in total. The lowest BCUT2D eigenvalue weighted by Crippen LogP contribution is -2.29. The zero-order chi connectivity index (χ0) is 12.4. The van der Waals surface area contributed by atoms with Crippen LogP contribution in [0, 0.1) is 0 Å². The standard InChI is InChI=1S/C12H13N3O2.H2/c1-8(2)14-10-4-3-9(7-13-10)15-11(16)5-6-12(15)17;/h3-8H,1-2H3,(H,13,14);1H. The van der Waals surface area contributed by atoms with Crippen molar-refractivity contribution in [1.29, 1.82) is 0 Å². The minimum Gasteiger partial charge on any atom is -0.368 e. The van der Waals surface area contributed by atoms with E-state index in [9.17, 15) is 9.59 Å². The monoisotopic (exact) mass is 233 g/mol. The summed E-state index contributed by atoms with van der Waals surface area (Å²) in [6.45, 7) is 4.01. The average Bonchev–Trinajstić information content (AvgIpc) is 2.59. The van der Waals surface area contributed by atoms with Crippen molar-refractivity contribution in [1.82, 2.24) is 4.98 Å². The van der Waals surface area contributed by atoms with E-state index in [1.807, 2.05) is 13.8 Å². The molecule has 1 N–H and O–H groups in total. The summed E-state index contributed by atoms with van der Waals surface area (Å²) in [5.74, 6) is 0.0542. The highest BCUT2D eigenvalue weighted by atomic mass is 16.2. The van der Waals surface area contributed by atoms with Crippen molar-refractivity contribution in [2.45, 2.75) is 19.9 Å². The first-order valence-corrected chi connectivity index (χ1v) is 5.36. The Balaban J connectivity index is 0.00000162. The molecule has 1 aliphatic rings. The number of hydrogen-bond donors (Lipinski definition) is 1. The Hall–Kier alpha value is -2.17. The molecule has 17 heavy (non-hydrogen) atoms. The third-order valence-corrected chi connectivity index (χ3v) is 2.25. The summed E-state index contributed by atoms with van der Waals surface area (Å²) in [6, 6.07) is 3.72. The smallest absolute Gasteiger partial charge is 0.258 e. The van der Waals surface area contributed by atoms with E-state index in [1.54, 1.807) is 12.1 Å². The lowest BCUT2D eigenvalue weighted by Gasteiger charge is -2.14. The fourth-order valence-corrected chi connectivity index (χ4v) is 1.55. The van der Waals surface area contributed by atoms with Crippen LogP contribution in [0.4, 0.5) is 11.5 Å². The quantitative estimate of drug-likeness (QED) is 0.805. The van der Waals surface area contributed by atoms with E-state index in [1.165, 1.54) is 18.3 Å². The summed E-state index contributed by atoms with van der Waals surface area (Å²) in [7, 11) is 0. The first kappa shape index (κ1) is 11.3.